The van der Waals surface area contributed by atoms with E-state index in [1.807, 2.05) is 27.0 Å². The number of hydrogen-bond donors (Lipinski definition) is 1. The summed E-state index contributed by atoms with van der Waals surface area (Å²) >= 11 is 2.83. The average molecular weight is 366 g/mol. The standard InChI is InChI=1S/C16H23N5OS2/c1-8(2)11-17-9(3)10(13(18-11)23-7)12(22)19-15-21-20-14(24-15)16(4,5)6/h8H,1-7H3,(H,19,21,22). The van der Waals surface area contributed by atoms with Crippen LogP contribution >= 0.6 is 23.1 Å². The first-order valence-corrected chi connectivity index (χ1v) is 9.75. The zero-order valence-corrected chi connectivity index (χ0v) is 16.7. The van der Waals surface area contributed by atoms with Crippen molar-refractivity contribution >= 4 is 34.1 Å². The molecule has 2 heterocycles. The van der Waals surface area contributed by atoms with Gasteiger partial charge in [-0.1, -0.05) is 46.0 Å². The van der Waals surface area contributed by atoms with Crippen molar-refractivity contribution in [1.82, 2.24) is 20.2 Å². The van der Waals surface area contributed by atoms with Gasteiger partial charge in [0.05, 0.1) is 11.3 Å². The quantitative estimate of drug-likeness (QED) is 0.651. The Morgan fingerprint density at radius 1 is 1.21 bits per heavy atom. The smallest absolute Gasteiger partial charge is 0.262 e. The van der Waals surface area contributed by atoms with Crippen LogP contribution in [0.3, 0.4) is 0 Å². The van der Waals surface area contributed by atoms with Crippen molar-refractivity contribution in [3.8, 4) is 0 Å². The maximum atomic E-state index is 12.7. The Morgan fingerprint density at radius 2 is 1.88 bits per heavy atom. The third-order valence-corrected chi connectivity index (χ3v) is 5.24. The molecule has 0 fully saturated rings. The molecule has 0 unspecified atom stereocenters. The van der Waals surface area contributed by atoms with Gasteiger partial charge in [-0.15, -0.1) is 22.0 Å². The van der Waals surface area contributed by atoms with Crippen molar-refractivity contribution in [2.45, 2.75) is 57.9 Å². The van der Waals surface area contributed by atoms with Crippen LogP contribution in [0.25, 0.3) is 0 Å². The van der Waals surface area contributed by atoms with Gasteiger partial charge in [-0.05, 0) is 13.2 Å². The first-order valence-electron chi connectivity index (χ1n) is 7.71. The number of amides is 1. The minimum absolute atomic E-state index is 0.0942. The Morgan fingerprint density at radius 3 is 2.38 bits per heavy atom. The highest BCUT2D eigenvalue weighted by molar-refractivity contribution is 7.98. The highest BCUT2D eigenvalue weighted by Gasteiger charge is 2.23. The molecule has 0 radical (unpaired) electrons. The first kappa shape index (κ1) is 18.8. The van der Waals surface area contributed by atoms with E-state index in [0.717, 1.165) is 10.8 Å². The van der Waals surface area contributed by atoms with Gasteiger partial charge in [0.25, 0.3) is 5.91 Å². The fourth-order valence-corrected chi connectivity index (χ4v) is 3.40. The van der Waals surface area contributed by atoms with E-state index in [9.17, 15) is 4.79 Å². The number of aryl methyl sites for hydroxylation is 1. The summed E-state index contributed by atoms with van der Waals surface area (Å²) in [6.07, 6.45) is 1.91. The minimum Gasteiger partial charge on any atom is -0.296 e. The number of hydrogen-bond acceptors (Lipinski definition) is 7. The second kappa shape index (κ2) is 7.14. The van der Waals surface area contributed by atoms with Crippen LogP contribution in [0.1, 0.15) is 67.4 Å². The largest absolute Gasteiger partial charge is 0.296 e. The summed E-state index contributed by atoms with van der Waals surface area (Å²) in [4.78, 5) is 21.7. The van der Waals surface area contributed by atoms with Gasteiger partial charge in [-0.3, -0.25) is 10.1 Å². The number of aromatic nitrogens is 4. The number of nitrogens with zero attached hydrogens (tertiary/aromatic N) is 4. The van der Waals surface area contributed by atoms with E-state index in [-0.39, 0.29) is 17.2 Å². The highest BCUT2D eigenvalue weighted by Crippen LogP contribution is 2.29. The predicted octanol–water partition coefficient (Wildman–Crippen LogP) is 4.03. The number of anilines is 1. The molecule has 1 N–H and O–H groups in total. The summed E-state index contributed by atoms with van der Waals surface area (Å²) in [5.41, 5.74) is 1.08. The number of nitrogens with one attached hydrogen (secondary N) is 1. The highest BCUT2D eigenvalue weighted by atomic mass is 32.2. The van der Waals surface area contributed by atoms with E-state index in [1.54, 1.807) is 0 Å². The molecule has 2 aromatic rings. The van der Waals surface area contributed by atoms with E-state index in [4.69, 9.17) is 0 Å². The molecule has 130 valence electrons. The fraction of sp³-hybridized carbons (Fsp3) is 0.562. The number of rotatable bonds is 4. The maximum Gasteiger partial charge on any atom is 0.262 e. The number of carbonyl (C=O) groups is 1. The van der Waals surface area contributed by atoms with Gasteiger partial charge in [0.1, 0.15) is 15.9 Å². The van der Waals surface area contributed by atoms with Crippen molar-refractivity contribution in [2.75, 3.05) is 11.6 Å². The summed E-state index contributed by atoms with van der Waals surface area (Å²) in [7, 11) is 0. The first-order chi connectivity index (χ1) is 11.1. The lowest BCUT2D eigenvalue weighted by Gasteiger charge is -2.13. The third-order valence-electron chi connectivity index (χ3n) is 3.30. The molecule has 0 aromatic carbocycles. The van der Waals surface area contributed by atoms with Crippen LogP contribution in [0.5, 0.6) is 0 Å². The normalized spacial score (nSPS) is 11.8. The van der Waals surface area contributed by atoms with Crippen LogP contribution in [0.4, 0.5) is 5.13 Å². The summed E-state index contributed by atoms with van der Waals surface area (Å²) in [5.74, 6) is 0.715. The van der Waals surface area contributed by atoms with E-state index in [0.29, 0.717) is 21.4 Å². The lowest BCUT2D eigenvalue weighted by Crippen LogP contribution is -2.17. The van der Waals surface area contributed by atoms with Crippen molar-refractivity contribution in [2.24, 2.45) is 0 Å². The Labute approximate surface area is 150 Å². The zero-order valence-electron chi connectivity index (χ0n) is 15.1. The van der Waals surface area contributed by atoms with Crippen LogP contribution in [0.2, 0.25) is 0 Å². The monoisotopic (exact) mass is 365 g/mol. The van der Waals surface area contributed by atoms with Crippen LogP contribution in [-0.4, -0.2) is 32.3 Å². The second-order valence-electron chi connectivity index (χ2n) is 6.82. The molecule has 0 saturated heterocycles. The van der Waals surface area contributed by atoms with Crippen LogP contribution in [0, 0.1) is 6.92 Å². The van der Waals surface area contributed by atoms with Gasteiger partial charge >= 0.3 is 0 Å². The second-order valence-corrected chi connectivity index (χ2v) is 8.60. The molecule has 0 aliphatic rings. The Kier molecular flexibility index (Phi) is 5.59. The summed E-state index contributed by atoms with van der Waals surface area (Å²) in [6.45, 7) is 12.1. The molecule has 0 atom stereocenters. The van der Waals surface area contributed by atoms with Gasteiger partial charge in [0, 0.05) is 11.3 Å². The molecule has 1 amide bonds. The SMILES string of the molecule is CSc1nc(C(C)C)nc(C)c1C(=O)Nc1nnc(C(C)(C)C)s1. The fourth-order valence-electron chi connectivity index (χ4n) is 1.97. The molecule has 8 heteroatoms. The molecule has 0 aliphatic heterocycles. The summed E-state index contributed by atoms with van der Waals surface area (Å²) in [6, 6.07) is 0. The Bertz CT molecular complexity index is 749. The van der Waals surface area contributed by atoms with E-state index >= 15 is 0 Å². The van der Waals surface area contributed by atoms with E-state index in [2.05, 4.69) is 46.3 Å². The molecule has 0 bridgehead atoms. The van der Waals surface area contributed by atoms with Crippen LogP contribution in [-0.2, 0) is 5.41 Å². The molecule has 0 aliphatic carbocycles. The Hall–Kier alpha value is -1.54. The van der Waals surface area contributed by atoms with Crippen molar-refractivity contribution in [3.05, 3.63) is 22.1 Å². The van der Waals surface area contributed by atoms with Gasteiger partial charge in [-0.25, -0.2) is 9.97 Å². The van der Waals surface area contributed by atoms with E-state index < -0.39 is 0 Å². The molecule has 6 nitrogen and oxygen atoms in total. The molecule has 0 spiro atoms. The van der Waals surface area contributed by atoms with Crippen molar-refractivity contribution < 1.29 is 4.79 Å². The Balaban J connectivity index is 2.31. The summed E-state index contributed by atoms with van der Waals surface area (Å²) < 4.78 is 0. The van der Waals surface area contributed by atoms with Gasteiger partial charge in [-0.2, -0.15) is 0 Å². The minimum atomic E-state index is -0.247. The summed E-state index contributed by atoms with van der Waals surface area (Å²) in [5, 5.41) is 13.1. The topological polar surface area (TPSA) is 80.7 Å². The predicted molar refractivity (Wildman–Crippen MR) is 99.2 cm³/mol. The molecular formula is C16H23N5OS2. The molecule has 24 heavy (non-hydrogen) atoms. The van der Waals surface area contributed by atoms with Gasteiger partial charge in [0.15, 0.2) is 0 Å². The van der Waals surface area contributed by atoms with Gasteiger partial charge in [0.2, 0.25) is 5.13 Å². The lowest BCUT2D eigenvalue weighted by atomic mass is 9.98. The molecule has 0 saturated carbocycles. The third kappa shape index (κ3) is 4.10. The van der Waals surface area contributed by atoms with Crippen molar-refractivity contribution in [1.29, 1.82) is 0 Å². The van der Waals surface area contributed by atoms with Gasteiger partial charge < -0.3 is 0 Å². The number of carbonyl (C=O) groups excluding carboxylic acids is 1. The number of thioether (sulfide) groups is 1. The van der Waals surface area contributed by atoms with E-state index in [1.165, 1.54) is 23.1 Å². The molecule has 2 rings (SSSR count). The maximum absolute atomic E-state index is 12.7. The van der Waals surface area contributed by atoms with Crippen LogP contribution in [0.15, 0.2) is 5.03 Å². The van der Waals surface area contributed by atoms with Crippen molar-refractivity contribution in [3.63, 3.8) is 0 Å². The average Bonchev–Trinajstić information content (AvgIpc) is 2.94. The molecule has 2 aromatic heterocycles. The molecular weight excluding hydrogens is 342 g/mol. The lowest BCUT2D eigenvalue weighted by molar-refractivity contribution is 0.102. The zero-order chi connectivity index (χ0) is 18.1. The van der Waals surface area contributed by atoms with Crippen LogP contribution < -0.4 is 5.32 Å².